The molecule has 7 nitrogen and oxygen atoms in total. The van der Waals surface area contributed by atoms with Gasteiger partial charge in [-0.1, -0.05) is 45.6 Å². The summed E-state index contributed by atoms with van der Waals surface area (Å²) in [6, 6.07) is 4.12. The van der Waals surface area contributed by atoms with Crippen LogP contribution in [0.25, 0.3) is 0 Å². The zero-order valence-electron chi connectivity index (χ0n) is 16.6. The zero-order valence-corrected chi connectivity index (χ0v) is 16.6. The van der Waals surface area contributed by atoms with Gasteiger partial charge in [0.15, 0.2) is 11.5 Å². The molecule has 1 fully saturated rings. The summed E-state index contributed by atoms with van der Waals surface area (Å²) in [7, 11) is 0. The van der Waals surface area contributed by atoms with E-state index >= 15 is 0 Å². The van der Waals surface area contributed by atoms with Crippen LogP contribution in [0.1, 0.15) is 70.3 Å². The number of benzene rings is 1. The number of aromatic hydroxyl groups is 2. The van der Waals surface area contributed by atoms with E-state index in [1.807, 2.05) is 6.92 Å². The number of ether oxygens (including phenoxy) is 2. The molecule has 28 heavy (non-hydrogen) atoms. The van der Waals surface area contributed by atoms with Crippen molar-refractivity contribution < 1.29 is 29.3 Å². The van der Waals surface area contributed by atoms with Crippen molar-refractivity contribution in [3.8, 4) is 11.5 Å². The van der Waals surface area contributed by atoms with Crippen LogP contribution in [0.2, 0.25) is 0 Å². The van der Waals surface area contributed by atoms with E-state index in [0.29, 0.717) is 24.8 Å². The molecular weight excluding hydrogens is 362 g/mol. The molecule has 0 aliphatic heterocycles. The third-order valence-electron chi connectivity index (χ3n) is 5.36. The third kappa shape index (κ3) is 5.16. The van der Waals surface area contributed by atoms with Crippen LogP contribution in [0.15, 0.2) is 18.2 Å². The van der Waals surface area contributed by atoms with E-state index in [2.05, 4.69) is 0 Å². The van der Waals surface area contributed by atoms with Crippen molar-refractivity contribution >= 4 is 11.9 Å². The van der Waals surface area contributed by atoms with Gasteiger partial charge in [-0.15, -0.1) is 0 Å². The highest BCUT2D eigenvalue weighted by molar-refractivity contribution is 5.84. The number of hydrogen-bond donors (Lipinski definition) is 3. The fourth-order valence-corrected chi connectivity index (χ4v) is 3.44. The van der Waals surface area contributed by atoms with Gasteiger partial charge < -0.3 is 19.7 Å². The fourth-order valence-electron chi connectivity index (χ4n) is 3.44. The molecule has 0 saturated heterocycles. The predicted molar refractivity (Wildman–Crippen MR) is 104 cm³/mol. The summed E-state index contributed by atoms with van der Waals surface area (Å²) in [5, 5.41) is 19.3. The molecule has 0 radical (unpaired) electrons. The molecule has 156 valence electrons. The summed E-state index contributed by atoms with van der Waals surface area (Å²) in [6.45, 7) is 3.64. The molecule has 2 rings (SSSR count). The van der Waals surface area contributed by atoms with E-state index in [1.165, 1.54) is 18.2 Å². The van der Waals surface area contributed by atoms with Crippen molar-refractivity contribution in [2.24, 2.45) is 11.7 Å². The molecule has 7 heteroatoms. The van der Waals surface area contributed by atoms with Crippen LogP contribution in [-0.4, -0.2) is 34.5 Å². The summed E-state index contributed by atoms with van der Waals surface area (Å²) in [5.74, 6) is -3.03. The minimum absolute atomic E-state index is 0.159. The summed E-state index contributed by atoms with van der Waals surface area (Å²) in [5.41, 5.74) is 4.75. The quantitative estimate of drug-likeness (QED) is 0.281. The van der Waals surface area contributed by atoms with Gasteiger partial charge in [-0.2, -0.15) is 0 Å². The lowest BCUT2D eigenvalue weighted by molar-refractivity contribution is -0.188. The predicted octanol–water partition coefficient (Wildman–Crippen LogP) is 3.32. The van der Waals surface area contributed by atoms with Crippen LogP contribution in [0, 0.1) is 5.92 Å². The maximum Gasteiger partial charge on any atom is 0.366 e. The van der Waals surface area contributed by atoms with E-state index < -0.39 is 23.6 Å². The molecule has 0 amide bonds. The molecule has 0 bridgehead atoms. The standard InChI is InChI=1S/C21H31NO6/c1-3-12-27-20(26)21(22,14(2)16-10-11-17(23)18(24)13-16)28-19(25)15-8-6-4-5-7-9-15/h10-11,13-15,23-24H,3-9,12,22H2,1-2H3/t14?,21-/m1/s1. The number of nitrogens with two attached hydrogens (primary N) is 1. The molecular formula is C21H31NO6. The van der Waals surface area contributed by atoms with E-state index in [1.54, 1.807) is 6.92 Å². The van der Waals surface area contributed by atoms with Crippen LogP contribution in [0.3, 0.4) is 0 Å². The molecule has 1 aliphatic carbocycles. The van der Waals surface area contributed by atoms with Crippen molar-refractivity contribution in [3.63, 3.8) is 0 Å². The monoisotopic (exact) mass is 393 g/mol. The fraction of sp³-hybridized carbons (Fsp3) is 0.619. The Labute approximate surface area is 165 Å². The van der Waals surface area contributed by atoms with Gasteiger partial charge in [-0.05, 0) is 37.0 Å². The van der Waals surface area contributed by atoms with Crippen LogP contribution in [0.5, 0.6) is 11.5 Å². The highest BCUT2D eigenvalue weighted by atomic mass is 16.6. The van der Waals surface area contributed by atoms with Crippen LogP contribution in [-0.2, 0) is 19.1 Å². The highest BCUT2D eigenvalue weighted by Crippen LogP contribution is 2.35. The SMILES string of the molecule is CCCOC(=O)[C@](N)(OC(=O)C1CCCCCC1)C(C)c1ccc(O)c(O)c1. The number of phenols is 2. The Hall–Kier alpha value is -2.28. The zero-order chi connectivity index (χ0) is 20.7. The van der Waals surface area contributed by atoms with Crippen molar-refractivity contribution in [2.75, 3.05) is 6.61 Å². The second-order valence-electron chi connectivity index (χ2n) is 7.51. The van der Waals surface area contributed by atoms with Crippen LogP contribution in [0.4, 0.5) is 0 Å². The molecule has 1 unspecified atom stereocenters. The number of rotatable bonds is 7. The summed E-state index contributed by atoms with van der Waals surface area (Å²) < 4.78 is 10.8. The number of carbonyl (C=O) groups is 2. The first-order chi connectivity index (χ1) is 13.3. The van der Waals surface area contributed by atoms with E-state index in [4.69, 9.17) is 15.2 Å². The lowest BCUT2D eigenvalue weighted by Crippen LogP contribution is -2.57. The minimum Gasteiger partial charge on any atom is -0.504 e. The molecule has 0 spiro atoms. The topological polar surface area (TPSA) is 119 Å². The molecule has 2 atom stereocenters. The van der Waals surface area contributed by atoms with Gasteiger partial charge >= 0.3 is 11.9 Å². The number of phenolic OH excluding ortho intramolecular Hbond substituents is 2. The molecule has 1 aromatic carbocycles. The maximum absolute atomic E-state index is 12.8. The van der Waals surface area contributed by atoms with Crippen LogP contribution < -0.4 is 5.73 Å². The molecule has 1 aliphatic rings. The summed E-state index contributed by atoms with van der Waals surface area (Å²) in [6.07, 6.45) is 6.09. The Morgan fingerprint density at radius 2 is 1.82 bits per heavy atom. The first-order valence-electron chi connectivity index (χ1n) is 10.0. The third-order valence-corrected chi connectivity index (χ3v) is 5.36. The van der Waals surface area contributed by atoms with E-state index in [0.717, 1.165) is 25.7 Å². The van der Waals surface area contributed by atoms with Crippen molar-refractivity contribution in [3.05, 3.63) is 23.8 Å². The van der Waals surface area contributed by atoms with Crippen molar-refractivity contribution in [1.82, 2.24) is 0 Å². The molecule has 0 aromatic heterocycles. The van der Waals surface area contributed by atoms with Gasteiger partial charge in [-0.3, -0.25) is 10.5 Å². The van der Waals surface area contributed by atoms with Gasteiger partial charge in [0.25, 0.3) is 5.72 Å². The Balaban J connectivity index is 2.28. The van der Waals surface area contributed by atoms with Gasteiger partial charge in [0, 0.05) is 5.92 Å². The molecule has 0 heterocycles. The smallest absolute Gasteiger partial charge is 0.366 e. The van der Waals surface area contributed by atoms with Crippen molar-refractivity contribution in [1.29, 1.82) is 0 Å². The Morgan fingerprint density at radius 1 is 1.18 bits per heavy atom. The number of hydrogen-bond acceptors (Lipinski definition) is 7. The van der Waals surface area contributed by atoms with Crippen LogP contribution >= 0.6 is 0 Å². The minimum atomic E-state index is -2.03. The first kappa shape index (κ1) is 22.0. The van der Waals surface area contributed by atoms with Gasteiger partial charge in [0.2, 0.25) is 0 Å². The lowest BCUT2D eigenvalue weighted by Gasteiger charge is -2.34. The van der Waals surface area contributed by atoms with Gasteiger partial charge in [0.05, 0.1) is 12.5 Å². The summed E-state index contributed by atoms with van der Waals surface area (Å²) in [4.78, 5) is 25.5. The second kappa shape index (κ2) is 9.78. The largest absolute Gasteiger partial charge is 0.504 e. The first-order valence-corrected chi connectivity index (χ1v) is 10.0. The Morgan fingerprint density at radius 3 is 2.39 bits per heavy atom. The highest BCUT2D eigenvalue weighted by Gasteiger charge is 2.47. The number of esters is 2. The molecule has 1 aromatic rings. The van der Waals surface area contributed by atoms with E-state index in [-0.39, 0.29) is 24.0 Å². The average molecular weight is 393 g/mol. The molecule has 4 N–H and O–H groups in total. The number of carbonyl (C=O) groups excluding carboxylic acids is 2. The second-order valence-corrected chi connectivity index (χ2v) is 7.51. The average Bonchev–Trinajstić information content (AvgIpc) is 2.97. The Bertz CT molecular complexity index is 683. The summed E-state index contributed by atoms with van der Waals surface area (Å²) >= 11 is 0. The van der Waals surface area contributed by atoms with Gasteiger partial charge in [0.1, 0.15) is 0 Å². The van der Waals surface area contributed by atoms with Crippen molar-refractivity contribution in [2.45, 2.75) is 70.4 Å². The Kier molecular flexibility index (Phi) is 7.69. The van der Waals surface area contributed by atoms with Gasteiger partial charge in [-0.25, -0.2) is 4.79 Å². The normalized spacial score (nSPS) is 18.5. The lowest BCUT2D eigenvalue weighted by atomic mass is 9.89. The maximum atomic E-state index is 12.8. The van der Waals surface area contributed by atoms with E-state index in [9.17, 15) is 19.8 Å². The molecule has 1 saturated carbocycles.